The van der Waals surface area contributed by atoms with E-state index in [0.717, 1.165) is 18.4 Å². The summed E-state index contributed by atoms with van der Waals surface area (Å²) in [5.74, 6) is -1.08. The summed E-state index contributed by atoms with van der Waals surface area (Å²) in [6.07, 6.45) is 2.70. The average Bonchev–Trinajstić information content (AvgIpc) is 2.40. The third-order valence-corrected chi connectivity index (χ3v) is 2.94. The summed E-state index contributed by atoms with van der Waals surface area (Å²) in [5, 5.41) is 0. The fourth-order valence-corrected chi connectivity index (χ4v) is 1.88. The SMILES string of the molecule is CCCCC(C(=O)Cc1ccccc1)C(=O)OC. The number of esters is 1. The van der Waals surface area contributed by atoms with E-state index in [9.17, 15) is 9.59 Å². The van der Waals surface area contributed by atoms with Crippen LogP contribution in [0, 0.1) is 5.92 Å². The Kier molecular flexibility index (Phi) is 6.12. The van der Waals surface area contributed by atoms with Gasteiger partial charge in [0.25, 0.3) is 0 Å². The molecule has 1 aromatic carbocycles. The monoisotopic (exact) mass is 248 g/mol. The lowest BCUT2D eigenvalue weighted by atomic mass is 9.93. The van der Waals surface area contributed by atoms with Gasteiger partial charge in [0.2, 0.25) is 0 Å². The Morgan fingerprint density at radius 1 is 1.22 bits per heavy atom. The van der Waals surface area contributed by atoms with E-state index in [-0.39, 0.29) is 5.78 Å². The number of rotatable bonds is 7. The summed E-state index contributed by atoms with van der Waals surface area (Å²) < 4.78 is 4.71. The molecule has 1 atom stereocenters. The third-order valence-electron chi connectivity index (χ3n) is 2.94. The molecule has 0 fully saturated rings. The van der Waals surface area contributed by atoms with Gasteiger partial charge in [-0.3, -0.25) is 9.59 Å². The first-order valence-electron chi connectivity index (χ1n) is 6.33. The van der Waals surface area contributed by atoms with Crippen LogP contribution in [0.1, 0.15) is 31.7 Å². The number of hydrogen-bond acceptors (Lipinski definition) is 3. The molecule has 98 valence electrons. The van der Waals surface area contributed by atoms with Gasteiger partial charge in [-0.05, 0) is 12.0 Å². The maximum atomic E-state index is 12.1. The van der Waals surface area contributed by atoms with Gasteiger partial charge >= 0.3 is 5.97 Å². The number of ketones is 1. The molecule has 0 saturated carbocycles. The van der Waals surface area contributed by atoms with Crippen LogP contribution >= 0.6 is 0 Å². The van der Waals surface area contributed by atoms with Gasteiger partial charge < -0.3 is 4.74 Å². The van der Waals surface area contributed by atoms with Crippen molar-refractivity contribution in [1.29, 1.82) is 0 Å². The van der Waals surface area contributed by atoms with E-state index in [4.69, 9.17) is 4.74 Å². The predicted octanol–water partition coefficient (Wildman–Crippen LogP) is 2.78. The lowest BCUT2D eigenvalue weighted by Gasteiger charge is -2.13. The highest BCUT2D eigenvalue weighted by molar-refractivity contribution is 5.99. The van der Waals surface area contributed by atoms with Gasteiger partial charge in [0.15, 0.2) is 5.78 Å². The van der Waals surface area contributed by atoms with Gasteiger partial charge in [0, 0.05) is 6.42 Å². The number of carbonyl (C=O) groups is 2. The Bertz CT molecular complexity index is 384. The van der Waals surface area contributed by atoms with Gasteiger partial charge in [0.05, 0.1) is 7.11 Å². The molecule has 0 amide bonds. The zero-order valence-electron chi connectivity index (χ0n) is 11.0. The summed E-state index contributed by atoms with van der Waals surface area (Å²) in [7, 11) is 1.33. The standard InChI is InChI=1S/C15H20O3/c1-3-4-10-13(15(17)18-2)14(16)11-12-8-6-5-7-9-12/h5-9,13H,3-4,10-11H2,1-2H3. The number of benzene rings is 1. The summed E-state index contributed by atoms with van der Waals surface area (Å²) in [6.45, 7) is 2.04. The van der Waals surface area contributed by atoms with Crippen molar-refractivity contribution < 1.29 is 14.3 Å². The Morgan fingerprint density at radius 3 is 2.44 bits per heavy atom. The van der Waals surface area contributed by atoms with Crippen LogP contribution in [0.3, 0.4) is 0 Å². The van der Waals surface area contributed by atoms with E-state index in [1.807, 2.05) is 37.3 Å². The van der Waals surface area contributed by atoms with E-state index in [1.165, 1.54) is 7.11 Å². The predicted molar refractivity (Wildman–Crippen MR) is 70.2 cm³/mol. The molecule has 0 N–H and O–H groups in total. The van der Waals surface area contributed by atoms with Crippen molar-refractivity contribution in [1.82, 2.24) is 0 Å². The van der Waals surface area contributed by atoms with Gasteiger partial charge in [-0.1, -0.05) is 50.1 Å². The first kappa shape index (κ1) is 14.4. The summed E-state index contributed by atoms with van der Waals surface area (Å²) in [5.41, 5.74) is 0.938. The minimum atomic E-state index is -0.616. The molecule has 3 nitrogen and oxygen atoms in total. The molecule has 0 heterocycles. The fourth-order valence-electron chi connectivity index (χ4n) is 1.88. The zero-order valence-corrected chi connectivity index (χ0v) is 11.0. The summed E-state index contributed by atoms with van der Waals surface area (Å²) in [4.78, 5) is 23.7. The van der Waals surface area contributed by atoms with E-state index in [2.05, 4.69) is 0 Å². The Hall–Kier alpha value is -1.64. The highest BCUT2D eigenvalue weighted by Crippen LogP contribution is 2.15. The first-order chi connectivity index (χ1) is 8.69. The lowest BCUT2D eigenvalue weighted by molar-refractivity contribution is -0.149. The normalized spacial score (nSPS) is 11.9. The zero-order chi connectivity index (χ0) is 13.4. The molecule has 0 aliphatic carbocycles. The van der Waals surface area contributed by atoms with Crippen molar-refractivity contribution in [2.75, 3.05) is 7.11 Å². The maximum Gasteiger partial charge on any atom is 0.316 e. The molecule has 0 aromatic heterocycles. The number of Topliss-reactive ketones (excluding diaryl/α,β-unsaturated/α-hetero) is 1. The van der Waals surface area contributed by atoms with Crippen LogP contribution in [0.15, 0.2) is 30.3 Å². The minimum absolute atomic E-state index is 0.0542. The molecule has 18 heavy (non-hydrogen) atoms. The van der Waals surface area contributed by atoms with Crippen molar-refractivity contribution in [2.24, 2.45) is 5.92 Å². The molecular weight excluding hydrogens is 228 g/mol. The van der Waals surface area contributed by atoms with Crippen LogP contribution in [0.4, 0.5) is 0 Å². The lowest BCUT2D eigenvalue weighted by Crippen LogP contribution is -2.26. The van der Waals surface area contributed by atoms with Gasteiger partial charge in [-0.25, -0.2) is 0 Å². The van der Waals surface area contributed by atoms with E-state index < -0.39 is 11.9 Å². The van der Waals surface area contributed by atoms with Crippen molar-refractivity contribution in [3.63, 3.8) is 0 Å². The number of methoxy groups -OCH3 is 1. The molecule has 0 radical (unpaired) electrons. The Labute approximate surface area is 108 Å². The number of hydrogen-bond donors (Lipinski definition) is 0. The summed E-state index contributed by atoms with van der Waals surface area (Å²) in [6, 6.07) is 9.48. The number of carbonyl (C=O) groups excluding carboxylic acids is 2. The third kappa shape index (κ3) is 4.32. The smallest absolute Gasteiger partial charge is 0.316 e. The van der Waals surface area contributed by atoms with Crippen LogP contribution in [0.5, 0.6) is 0 Å². The van der Waals surface area contributed by atoms with Crippen molar-refractivity contribution in [3.05, 3.63) is 35.9 Å². The molecular formula is C15H20O3. The molecule has 1 rings (SSSR count). The van der Waals surface area contributed by atoms with Gasteiger partial charge in [-0.2, -0.15) is 0 Å². The van der Waals surface area contributed by atoms with E-state index in [1.54, 1.807) is 0 Å². The Morgan fingerprint density at radius 2 is 1.89 bits per heavy atom. The van der Waals surface area contributed by atoms with E-state index in [0.29, 0.717) is 12.8 Å². The van der Waals surface area contributed by atoms with Crippen LogP contribution in [-0.4, -0.2) is 18.9 Å². The second kappa shape index (κ2) is 7.64. The minimum Gasteiger partial charge on any atom is -0.468 e. The highest BCUT2D eigenvalue weighted by Gasteiger charge is 2.26. The molecule has 1 aromatic rings. The first-order valence-corrected chi connectivity index (χ1v) is 6.33. The maximum absolute atomic E-state index is 12.1. The average molecular weight is 248 g/mol. The quantitative estimate of drug-likeness (QED) is 0.550. The molecule has 0 bridgehead atoms. The Balaban J connectivity index is 2.67. The molecule has 0 aliphatic rings. The summed E-state index contributed by atoms with van der Waals surface area (Å²) >= 11 is 0. The topological polar surface area (TPSA) is 43.4 Å². The largest absolute Gasteiger partial charge is 0.468 e. The second-order valence-corrected chi connectivity index (χ2v) is 4.35. The van der Waals surface area contributed by atoms with Crippen LogP contribution < -0.4 is 0 Å². The van der Waals surface area contributed by atoms with E-state index >= 15 is 0 Å². The fraction of sp³-hybridized carbons (Fsp3) is 0.467. The molecule has 3 heteroatoms. The molecule has 1 unspecified atom stereocenters. The highest BCUT2D eigenvalue weighted by atomic mass is 16.5. The molecule has 0 aliphatic heterocycles. The van der Waals surface area contributed by atoms with Crippen molar-refractivity contribution in [3.8, 4) is 0 Å². The molecule has 0 spiro atoms. The number of ether oxygens (including phenoxy) is 1. The second-order valence-electron chi connectivity index (χ2n) is 4.35. The van der Waals surface area contributed by atoms with Crippen LogP contribution in [0.2, 0.25) is 0 Å². The van der Waals surface area contributed by atoms with Crippen molar-refractivity contribution >= 4 is 11.8 Å². The van der Waals surface area contributed by atoms with Gasteiger partial charge in [0.1, 0.15) is 5.92 Å². The number of unbranched alkanes of at least 4 members (excludes halogenated alkanes) is 1. The van der Waals surface area contributed by atoms with Crippen molar-refractivity contribution in [2.45, 2.75) is 32.6 Å². The van der Waals surface area contributed by atoms with Crippen LogP contribution in [0.25, 0.3) is 0 Å². The van der Waals surface area contributed by atoms with Crippen LogP contribution in [-0.2, 0) is 20.7 Å². The van der Waals surface area contributed by atoms with Gasteiger partial charge in [-0.15, -0.1) is 0 Å². The molecule has 0 saturated heterocycles.